The average molecular weight is 571 g/mol. The summed E-state index contributed by atoms with van der Waals surface area (Å²) in [6.45, 7) is 0. The van der Waals surface area contributed by atoms with Crippen LogP contribution in [-0.4, -0.2) is 19.9 Å². The number of fused-ring (bicyclic) bond motifs is 3. The quantitative estimate of drug-likeness (QED) is 0.207. The Morgan fingerprint density at radius 3 is 1.51 bits per heavy atom. The van der Waals surface area contributed by atoms with Gasteiger partial charge in [-0.05, 0) is 54.1 Å². The summed E-state index contributed by atoms with van der Waals surface area (Å²) in [7, 11) is -1.77. The van der Waals surface area contributed by atoms with E-state index in [0.717, 1.165) is 16.7 Å². The molecule has 204 valence electrons. The summed E-state index contributed by atoms with van der Waals surface area (Å²) in [5, 5.41) is 0. The summed E-state index contributed by atoms with van der Waals surface area (Å²) in [5.41, 5.74) is 5.26. The highest BCUT2D eigenvalue weighted by Gasteiger charge is 2.43. The molecule has 43 heavy (non-hydrogen) atoms. The van der Waals surface area contributed by atoms with Crippen molar-refractivity contribution in [3.8, 4) is 45.3 Å². The predicted octanol–water partition coefficient (Wildman–Crippen LogP) is 9.59. The Labute approximate surface area is 252 Å². The van der Waals surface area contributed by atoms with Crippen LogP contribution < -0.4 is 0 Å². The molecule has 0 spiro atoms. The monoisotopic (exact) mass is 570 g/mol. The zero-order valence-corrected chi connectivity index (χ0v) is 24.0. The smallest absolute Gasteiger partial charge is 0.164 e. The summed E-state index contributed by atoms with van der Waals surface area (Å²) in [6.07, 6.45) is 3.55. The Morgan fingerprint density at radius 1 is 0.372 bits per heavy atom. The summed E-state index contributed by atoms with van der Waals surface area (Å²) < 4.78 is 0. The summed E-state index contributed by atoms with van der Waals surface area (Å²) >= 11 is 0. The molecule has 4 nitrogen and oxygen atoms in total. The molecule has 5 heteroatoms. The second kappa shape index (κ2) is 10.5. The molecule has 0 aliphatic carbocycles. The minimum atomic E-state index is -1.77. The van der Waals surface area contributed by atoms with Crippen molar-refractivity contribution in [2.75, 3.05) is 0 Å². The van der Waals surface area contributed by atoms with Crippen LogP contribution in [0.4, 0.5) is 0 Å². The molecule has 1 aliphatic heterocycles. The minimum absolute atomic E-state index is 0.625. The lowest BCUT2D eigenvalue weighted by Gasteiger charge is -2.39. The first-order valence-electron chi connectivity index (χ1n) is 14.2. The van der Waals surface area contributed by atoms with E-state index in [1.54, 1.807) is 12.4 Å². The maximum atomic E-state index is 5.11. The Balaban J connectivity index is 1.45. The van der Waals surface area contributed by atoms with E-state index in [2.05, 4.69) is 108 Å². The zero-order chi connectivity index (χ0) is 28.6. The van der Waals surface area contributed by atoms with Crippen LogP contribution >= 0.6 is 10.0 Å². The molecule has 0 unspecified atom stereocenters. The number of aromatic nitrogens is 4. The Hall–Kier alpha value is -5.39. The van der Waals surface area contributed by atoms with Crippen LogP contribution in [0, 0.1) is 0 Å². The number of pyridine rings is 1. The lowest BCUT2D eigenvalue weighted by molar-refractivity contribution is 1.07. The summed E-state index contributed by atoms with van der Waals surface area (Å²) in [4.78, 5) is 24.6. The van der Waals surface area contributed by atoms with Crippen molar-refractivity contribution in [3.05, 3.63) is 158 Å². The molecule has 0 bridgehead atoms. The first-order chi connectivity index (χ1) is 21.3. The van der Waals surface area contributed by atoms with Crippen molar-refractivity contribution in [3.63, 3.8) is 0 Å². The van der Waals surface area contributed by atoms with Gasteiger partial charge in [-0.25, -0.2) is 15.0 Å². The van der Waals surface area contributed by atoms with Gasteiger partial charge in [-0.15, -0.1) is 10.0 Å². The summed E-state index contributed by atoms with van der Waals surface area (Å²) in [5.74, 6) is 1.93. The predicted molar refractivity (Wildman–Crippen MR) is 173 cm³/mol. The molecule has 5 aromatic carbocycles. The van der Waals surface area contributed by atoms with Crippen molar-refractivity contribution in [1.29, 1.82) is 0 Å². The zero-order valence-electron chi connectivity index (χ0n) is 23.2. The van der Waals surface area contributed by atoms with E-state index in [0.29, 0.717) is 17.5 Å². The van der Waals surface area contributed by atoms with Crippen LogP contribution in [0.1, 0.15) is 0 Å². The molecule has 0 N–H and O–H groups in total. The van der Waals surface area contributed by atoms with Crippen LogP contribution in [0.15, 0.2) is 178 Å². The van der Waals surface area contributed by atoms with Gasteiger partial charge in [0.25, 0.3) is 0 Å². The van der Waals surface area contributed by atoms with Gasteiger partial charge in [-0.2, -0.15) is 0 Å². The van der Waals surface area contributed by atoms with E-state index in [1.165, 1.54) is 30.7 Å². The van der Waals surface area contributed by atoms with Gasteiger partial charge in [-0.3, -0.25) is 4.98 Å². The van der Waals surface area contributed by atoms with E-state index in [-0.39, 0.29) is 0 Å². The average Bonchev–Trinajstić information content (AvgIpc) is 3.41. The third-order valence-electron chi connectivity index (χ3n) is 7.88. The van der Waals surface area contributed by atoms with Gasteiger partial charge in [0.1, 0.15) is 0 Å². The molecule has 3 heterocycles. The Morgan fingerprint density at radius 2 is 0.860 bits per heavy atom. The van der Waals surface area contributed by atoms with E-state index >= 15 is 0 Å². The molecule has 1 aliphatic rings. The number of nitrogens with zero attached hydrogens (tertiary/aromatic N) is 4. The standard InChI is InChI=1S/C38H26N4S/c1-4-13-27(14-5-1)36-40-37(28-23-25-39-26-24-28)42-38(41-36)32-20-12-22-34-35(32)31-19-10-11-21-33(31)43(34,29-15-6-2-7-16-29)30-17-8-3-9-18-30/h1-26H. The van der Waals surface area contributed by atoms with Gasteiger partial charge in [0.2, 0.25) is 0 Å². The molecule has 0 radical (unpaired) electrons. The SMILES string of the molecule is c1ccc(-c2nc(-c3ccncc3)nc(-c3cccc4c3-c3ccccc3S4(c3ccccc3)c3ccccc3)n2)cc1. The van der Waals surface area contributed by atoms with Crippen molar-refractivity contribution >= 4 is 10.0 Å². The molecule has 0 amide bonds. The maximum absolute atomic E-state index is 5.11. The lowest BCUT2D eigenvalue weighted by atomic mass is 9.99. The molecule has 0 fully saturated rings. The molecule has 2 aromatic heterocycles. The highest BCUT2D eigenvalue weighted by molar-refractivity contribution is 8.34. The lowest BCUT2D eigenvalue weighted by Crippen LogP contribution is -2.03. The highest BCUT2D eigenvalue weighted by atomic mass is 32.3. The van der Waals surface area contributed by atoms with E-state index in [4.69, 9.17) is 15.0 Å². The van der Waals surface area contributed by atoms with E-state index in [1.807, 2.05) is 42.5 Å². The fraction of sp³-hybridized carbons (Fsp3) is 0. The second-order valence-corrected chi connectivity index (χ2v) is 13.4. The molecular formula is C38H26N4S. The fourth-order valence-corrected chi connectivity index (χ4v) is 10.3. The van der Waals surface area contributed by atoms with E-state index < -0.39 is 10.0 Å². The number of rotatable bonds is 5. The fourth-order valence-electron chi connectivity index (χ4n) is 6.05. The highest BCUT2D eigenvalue weighted by Crippen LogP contribution is 2.80. The van der Waals surface area contributed by atoms with Gasteiger partial charge in [0.05, 0.1) is 0 Å². The van der Waals surface area contributed by atoms with Crippen LogP contribution in [0.25, 0.3) is 45.3 Å². The largest absolute Gasteiger partial charge is 0.265 e. The van der Waals surface area contributed by atoms with Crippen LogP contribution in [0.3, 0.4) is 0 Å². The van der Waals surface area contributed by atoms with E-state index in [9.17, 15) is 0 Å². The Kier molecular flexibility index (Phi) is 6.16. The third-order valence-corrected chi connectivity index (χ3v) is 11.9. The minimum Gasteiger partial charge on any atom is -0.265 e. The van der Waals surface area contributed by atoms with Gasteiger partial charge in [0, 0.05) is 54.2 Å². The van der Waals surface area contributed by atoms with Gasteiger partial charge >= 0.3 is 0 Å². The molecule has 0 atom stereocenters. The molecule has 7 aromatic rings. The number of hydrogen-bond donors (Lipinski definition) is 0. The first-order valence-corrected chi connectivity index (χ1v) is 15.9. The van der Waals surface area contributed by atoms with Crippen molar-refractivity contribution in [1.82, 2.24) is 19.9 Å². The van der Waals surface area contributed by atoms with Crippen LogP contribution in [-0.2, 0) is 0 Å². The van der Waals surface area contributed by atoms with Crippen molar-refractivity contribution < 1.29 is 0 Å². The van der Waals surface area contributed by atoms with Crippen molar-refractivity contribution in [2.24, 2.45) is 0 Å². The van der Waals surface area contributed by atoms with Gasteiger partial charge in [0.15, 0.2) is 17.5 Å². The van der Waals surface area contributed by atoms with Gasteiger partial charge in [-0.1, -0.05) is 97.1 Å². The molecule has 8 rings (SSSR count). The van der Waals surface area contributed by atoms with Crippen LogP contribution in [0.5, 0.6) is 0 Å². The topological polar surface area (TPSA) is 51.6 Å². The summed E-state index contributed by atoms with van der Waals surface area (Å²) in [6, 6.07) is 51.4. The molecule has 0 saturated carbocycles. The van der Waals surface area contributed by atoms with Crippen LogP contribution in [0.2, 0.25) is 0 Å². The molecule has 0 saturated heterocycles. The van der Waals surface area contributed by atoms with Crippen molar-refractivity contribution in [2.45, 2.75) is 19.6 Å². The number of hydrogen-bond acceptors (Lipinski definition) is 4. The number of benzene rings is 5. The Bertz CT molecular complexity index is 1970. The molecular weight excluding hydrogens is 545 g/mol. The normalized spacial score (nSPS) is 13.6. The first kappa shape index (κ1) is 25.3. The van der Waals surface area contributed by atoms with Gasteiger partial charge < -0.3 is 0 Å². The second-order valence-electron chi connectivity index (χ2n) is 10.3. The third kappa shape index (κ3) is 4.09. The maximum Gasteiger partial charge on any atom is 0.164 e.